The monoisotopic (exact) mass is 190 g/mol. The molecule has 4 nitrogen and oxygen atoms in total. The van der Waals surface area contributed by atoms with E-state index in [1.807, 2.05) is 0 Å². The number of nitrogens with zero attached hydrogens (tertiary/aromatic N) is 2. The van der Waals surface area contributed by atoms with Gasteiger partial charge in [-0.3, -0.25) is 4.98 Å². The van der Waals surface area contributed by atoms with Gasteiger partial charge in [-0.2, -0.15) is 0 Å². The summed E-state index contributed by atoms with van der Waals surface area (Å²) in [6.07, 6.45) is 1.64. The molecule has 0 aromatic carbocycles. The molecule has 0 aliphatic carbocycles. The summed E-state index contributed by atoms with van der Waals surface area (Å²) in [7, 11) is 0. The van der Waals surface area contributed by atoms with E-state index in [4.69, 9.17) is 5.21 Å². The van der Waals surface area contributed by atoms with Crippen molar-refractivity contribution in [2.24, 2.45) is 0 Å². The number of aromatic nitrogens is 1. The van der Waals surface area contributed by atoms with Gasteiger partial charge in [-0.05, 0) is 12.1 Å². The van der Waals surface area contributed by atoms with Crippen LogP contribution in [0, 0.1) is 0 Å². The van der Waals surface area contributed by atoms with Crippen molar-refractivity contribution in [2.75, 3.05) is 0 Å². The normalized spacial score (nSPS) is 8.42. The molecule has 1 rings (SSSR count). The molecule has 1 aromatic heterocycles. The predicted molar refractivity (Wildman–Crippen MR) is 38.1 cm³/mol. The molecule has 0 unspecified atom stereocenters. The van der Waals surface area contributed by atoms with Crippen molar-refractivity contribution in [1.82, 2.24) is 4.98 Å². The number of amides is 1. The molecule has 0 saturated heterocycles. The third-order valence-electron chi connectivity index (χ3n) is 1.17. The average Bonchev–Trinajstić information content (AvgIpc) is 2.06. The van der Waals surface area contributed by atoms with Gasteiger partial charge < -0.3 is 15.5 Å². The number of carbonyl (C=O) groups is 1. The first kappa shape index (κ1) is 12.2. The molecule has 0 bridgehead atoms. The van der Waals surface area contributed by atoms with Crippen molar-refractivity contribution in [2.45, 2.75) is 6.42 Å². The summed E-state index contributed by atoms with van der Waals surface area (Å²) in [4.78, 5) is 14.4. The van der Waals surface area contributed by atoms with E-state index in [1.54, 1.807) is 24.4 Å². The Bertz CT molecular complexity index is 240. The van der Waals surface area contributed by atoms with Gasteiger partial charge in [-0.25, -0.2) is 0 Å². The second kappa shape index (κ2) is 6.70. The Labute approximate surface area is 113 Å². The number of hydrogen-bond donors (Lipinski definition) is 1. The first-order chi connectivity index (χ1) is 5.33. The fourth-order valence-corrected chi connectivity index (χ4v) is 0.693. The number of hydroxylamine groups is 1. The van der Waals surface area contributed by atoms with Crippen LogP contribution in [0.3, 0.4) is 0 Å². The molecule has 58 valence electrons. The SMILES string of the molecule is O=C(Cc1ccccn1)[N-]O.[K+]. The van der Waals surface area contributed by atoms with Gasteiger partial charge in [0, 0.05) is 18.3 Å². The van der Waals surface area contributed by atoms with Crippen LogP contribution in [0.4, 0.5) is 0 Å². The van der Waals surface area contributed by atoms with E-state index in [0.717, 1.165) is 0 Å². The maximum Gasteiger partial charge on any atom is 1.00 e. The van der Waals surface area contributed by atoms with Crippen LogP contribution in [0.2, 0.25) is 0 Å². The number of carbonyl (C=O) groups excluding carboxylic acids is 1. The summed E-state index contributed by atoms with van der Waals surface area (Å²) in [6.45, 7) is 0. The molecule has 0 aliphatic rings. The number of hydrogen-bond acceptors (Lipinski definition) is 3. The Morgan fingerprint density at radius 2 is 2.33 bits per heavy atom. The van der Waals surface area contributed by atoms with E-state index in [9.17, 15) is 4.79 Å². The maximum atomic E-state index is 10.5. The van der Waals surface area contributed by atoms with E-state index < -0.39 is 5.91 Å². The van der Waals surface area contributed by atoms with Gasteiger partial charge in [0.2, 0.25) is 0 Å². The zero-order valence-corrected chi connectivity index (χ0v) is 9.89. The van der Waals surface area contributed by atoms with Crippen molar-refractivity contribution < 1.29 is 61.4 Å². The molecular weight excluding hydrogens is 183 g/mol. The van der Waals surface area contributed by atoms with Crippen LogP contribution < -0.4 is 51.4 Å². The van der Waals surface area contributed by atoms with Gasteiger partial charge in [0.25, 0.3) is 0 Å². The standard InChI is InChI=1S/C7H8N2O2.K/c10-7(9-11)5-6-3-1-2-4-8-6;/h1-4H,5H2,(H2,9,10,11);/q;+1/p-1. The molecular formula is C7H7KN2O2. The fourth-order valence-electron chi connectivity index (χ4n) is 0.693. The van der Waals surface area contributed by atoms with Crippen LogP contribution in [0.1, 0.15) is 5.69 Å². The molecule has 1 heterocycles. The quantitative estimate of drug-likeness (QED) is 0.331. The third-order valence-corrected chi connectivity index (χ3v) is 1.17. The van der Waals surface area contributed by atoms with Crippen LogP contribution in [-0.4, -0.2) is 16.1 Å². The van der Waals surface area contributed by atoms with Crippen molar-refractivity contribution in [3.8, 4) is 0 Å². The van der Waals surface area contributed by atoms with Crippen LogP contribution in [0.5, 0.6) is 0 Å². The van der Waals surface area contributed by atoms with Gasteiger partial charge in [0.05, 0.1) is 5.91 Å². The Balaban J connectivity index is 0.00000121. The molecule has 0 radical (unpaired) electrons. The van der Waals surface area contributed by atoms with E-state index >= 15 is 0 Å². The molecule has 0 atom stereocenters. The largest absolute Gasteiger partial charge is 1.00 e. The maximum absolute atomic E-state index is 10.5. The van der Waals surface area contributed by atoms with Crippen molar-refractivity contribution in [3.05, 3.63) is 35.6 Å². The summed E-state index contributed by atoms with van der Waals surface area (Å²) in [5.74, 6) is -0.580. The van der Waals surface area contributed by atoms with Crippen LogP contribution in [-0.2, 0) is 11.2 Å². The average molecular weight is 190 g/mol. The van der Waals surface area contributed by atoms with Crippen LogP contribution >= 0.6 is 0 Å². The van der Waals surface area contributed by atoms with Crippen molar-refractivity contribution in [1.29, 1.82) is 0 Å². The topological polar surface area (TPSA) is 64.3 Å². The summed E-state index contributed by atoms with van der Waals surface area (Å²) >= 11 is 0. The molecule has 5 heteroatoms. The molecule has 1 N–H and O–H groups in total. The number of pyridine rings is 1. The number of rotatable bonds is 2. The third kappa shape index (κ3) is 4.29. The van der Waals surface area contributed by atoms with E-state index in [-0.39, 0.29) is 57.8 Å². The fraction of sp³-hybridized carbons (Fsp3) is 0.143. The Morgan fingerprint density at radius 1 is 1.58 bits per heavy atom. The van der Waals surface area contributed by atoms with Gasteiger partial charge >= 0.3 is 51.4 Å². The van der Waals surface area contributed by atoms with Gasteiger partial charge in [0.15, 0.2) is 0 Å². The first-order valence-corrected chi connectivity index (χ1v) is 3.11. The molecule has 0 aliphatic heterocycles. The second-order valence-corrected chi connectivity index (χ2v) is 1.99. The molecule has 0 saturated carbocycles. The molecule has 1 amide bonds. The Kier molecular flexibility index (Phi) is 6.82. The van der Waals surface area contributed by atoms with Crippen molar-refractivity contribution in [3.63, 3.8) is 0 Å². The molecule has 1 aromatic rings. The molecule has 0 fully saturated rings. The second-order valence-electron chi connectivity index (χ2n) is 1.99. The van der Waals surface area contributed by atoms with Gasteiger partial charge in [0.1, 0.15) is 0 Å². The first-order valence-electron chi connectivity index (χ1n) is 3.11. The summed E-state index contributed by atoms with van der Waals surface area (Å²) in [5.41, 5.74) is 3.11. The zero-order valence-electron chi connectivity index (χ0n) is 6.77. The van der Waals surface area contributed by atoms with E-state index in [0.29, 0.717) is 5.69 Å². The zero-order chi connectivity index (χ0) is 8.10. The smallest absolute Gasteiger partial charge is 0.534 e. The van der Waals surface area contributed by atoms with Crippen LogP contribution in [0.15, 0.2) is 24.4 Å². The van der Waals surface area contributed by atoms with E-state index in [1.165, 1.54) is 0 Å². The minimum atomic E-state index is -0.580. The Morgan fingerprint density at radius 3 is 2.83 bits per heavy atom. The van der Waals surface area contributed by atoms with Gasteiger partial charge in [-0.15, -0.1) is 0 Å². The summed E-state index contributed by atoms with van der Waals surface area (Å²) in [5, 5.41) is 8.04. The molecule has 12 heavy (non-hydrogen) atoms. The van der Waals surface area contributed by atoms with Gasteiger partial charge in [-0.1, -0.05) is 6.07 Å². The minimum Gasteiger partial charge on any atom is -0.534 e. The summed E-state index contributed by atoms with van der Waals surface area (Å²) in [6, 6.07) is 5.22. The summed E-state index contributed by atoms with van der Waals surface area (Å²) < 4.78 is 0. The minimum absolute atomic E-state index is 0. The van der Waals surface area contributed by atoms with Crippen LogP contribution in [0.25, 0.3) is 5.48 Å². The van der Waals surface area contributed by atoms with Crippen molar-refractivity contribution >= 4 is 5.91 Å². The predicted octanol–water partition coefficient (Wildman–Crippen LogP) is -2.08. The molecule has 0 spiro atoms. The van der Waals surface area contributed by atoms with E-state index in [2.05, 4.69) is 10.5 Å². The Hall–Kier alpha value is 0.216.